The normalized spacial score (nSPS) is 11.4. The number of benzene rings is 4. The van der Waals surface area contributed by atoms with E-state index in [9.17, 15) is 0 Å². The predicted molar refractivity (Wildman–Crippen MR) is 95.3 cm³/mol. The minimum atomic E-state index is 1.35. The molecule has 0 aliphatic heterocycles. The summed E-state index contributed by atoms with van der Waals surface area (Å²) in [6.45, 7) is 0. The van der Waals surface area contributed by atoms with Crippen molar-refractivity contribution in [2.24, 2.45) is 0 Å². The highest BCUT2D eigenvalue weighted by atomic mass is 14.1. The lowest BCUT2D eigenvalue weighted by Gasteiger charge is -2.12. The van der Waals surface area contributed by atoms with Crippen LogP contribution in [-0.4, -0.2) is 15.7 Å². The zero-order chi connectivity index (χ0) is 13.7. The van der Waals surface area contributed by atoms with Crippen LogP contribution in [0.3, 0.4) is 0 Å². The van der Waals surface area contributed by atoms with Crippen LogP contribution in [0, 0.1) is 0 Å². The fourth-order valence-electron chi connectivity index (χ4n) is 3.31. The van der Waals surface area contributed by atoms with Gasteiger partial charge in [-0.05, 0) is 32.3 Å². The van der Waals surface area contributed by atoms with Gasteiger partial charge in [-0.25, -0.2) is 0 Å². The summed E-state index contributed by atoms with van der Waals surface area (Å²) in [5.74, 6) is 0. The van der Waals surface area contributed by atoms with Crippen LogP contribution in [0.1, 0.15) is 0 Å². The van der Waals surface area contributed by atoms with Gasteiger partial charge in [0.15, 0.2) is 0 Å². The molecule has 0 unspecified atom stereocenters. The Bertz CT molecular complexity index is 890. The topological polar surface area (TPSA) is 0 Å². The maximum Gasteiger partial charge on any atom is 0.140 e. The van der Waals surface area contributed by atoms with Crippen molar-refractivity contribution in [3.8, 4) is 0 Å². The van der Waals surface area contributed by atoms with Gasteiger partial charge >= 0.3 is 0 Å². The Hall–Kier alpha value is -2.21. The van der Waals surface area contributed by atoms with Gasteiger partial charge in [0.05, 0.1) is 0 Å². The highest BCUT2D eigenvalue weighted by molar-refractivity contribution is 6.45. The van der Waals surface area contributed by atoms with Gasteiger partial charge in [-0.1, -0.05) is 71.6 Å². The molecule has 0 atom stereocenters. The highest BCUT2D eigenvalue weighted by Crippen LogP contribution is 2.28. The molecule has 4 rings (SSSR count). The number of hydrogen-bond donors (Lipinski definition) is 0. The second-order valence-electron chi connectivity index (χ2n) is 5.57. The van der Waals surface area contributed by atoms with E-state index in [1.807, 2.05) is 0 Å². The Kier molecular flexibility index (Phi) is 2.40. The van der Waals surface area contributed by atoms with Crippen molar-refractivity contribution >= 4 is 58.9 Å². The summed E-state index contributed by atoms with van der Waals surface area (Å²) in [5, 5.41) is 8.15. The third-order valence-corrected chi connectivity index (χ3v) is 4.30. The minimum absolute atomic E-state index is 1.35. The molecule has 0 heterocycles. The van der Waals surface area contributed by atoms with E-state index in [1.54, 1.807) is 0 Å². The van der Waals surface area contributed by atoms with Crippen LogP contribution in [0.4, 0.5) is 0 Å². The van der Waals surface area contributed by atoms with Crippen LogP contribution in [0.5, 0.6) is 0 Å². The van der Waals surface area contributed by atoms with E-state index in [0.29, 0.717) is 0 Å². The summed E-state index contributed by atoms with van der Waals surface area (Å²) in [5.41, 5.74) is 2.70. The lowest BCUT2D eigenvalue weighted by atomic mass is 9.82. The molecule has 0 aromatic heterocycles. The van der Waals surface area contributed by atoms with Crippen LogP contribution in [0.15, 0.2) is 60.7 Å². The molecule has 0 amide bonds. The van der Waals surface area contributed by atoms with Crippen molar-refractivity contribution in [1.29, 1.82) is 0 Å². The molecule has 0 saturated carbocycles. The molecule has 0 aliphatic rings. The van der Waals surface area contributed by atoms with E-state index < -0.39 is 0 Å². The Balaban J connectivity index is 2.36. The lowest BCUT2D eigenvalue weighted by Crippen LogP contribution is -2.08. The fourth-order valence-corrected chi connectivity index (χ4v) is 3.31. The number of hydrogen-bond acceptors (Lipinski definition) is 0. The Morgan fingerprint density at radius 2 is 0.800 bits per heavy atom. The third kappa shape index (κ3) is 1.51. The predicted octanol–water partition coefficient (Wildman–Crippen LogP) is 1.66. The van der Waals surface area contributed by atoms with Gasteiger partial charge in [-0.15, -0.1) is 0 Å². The number of fused-ring (bicyclic) bond motifs is 5. The van der Waals surface area contributed by atoms with E-state index >= 15 is 0 Å². The quantitative estimate of drug-likeness (QED) is 0.330. The molecule has 0 spiro atoms. The van der Waals surface area contributed by atoms with Gasteiger partial charge in [-0.2, -0.15) is 0 Å². The van der Waals surface area contributed by atoms with Gasteiger partial charge in [0, 0.05) is 0 Å². The zero-order valence-corrected chi connectivity index (χ0v) is 11.8. The molecular formula is C18H14B2. The first-order valence-corrected chi connectivity index (χ1v) is 7.06. The lowest BCUT2D eigenvalue weighted by molar-refractivity contribution is 1.80. The van der Waals surface area contributed by atoms with Crippen molar-refractivity contribution in [2.45, 2.75) is 0 Å². The molecule has 20 heavy (non-hydrogen) atoms. The van der Waals surface area contributed by atoms with Gasteiger partial charge in [-0.3, -0.25) is 0 Å². The van der Waals surface area contributed by atoms with Gasteiger partial charge < -0.3 is 0 Å². The molecule has 4 aromatic rings. The second-order valence-corrected chi connectivity index (χ2v) is 5.57. The van der Waals surface area contributed by atoms with Crippen LogP contribution in [-0.2, 0) is 0 Å². The van der Waals surface area contributed by atoms with Crippen molar-refractivity contribution in [3.05, 3.63) is 60.7 Å². The maximum atomic E-state index is 2.33. The molecule has 92 valence electrons. The Morgan fingerprint density at radius 1 is 0.450 bits per heavy atom. The fraction of sp³-hybridized carbons (Fsp3) is 0. The largest absolute Gasteiger partial charge is 0.140 e. The molecule has 0 fully saturated rings. The van der Waals surface area contributed by atoms with E-state index in [4.69, 9.17) is 0 Å². The van der Waals surface area contributed by atoms with Gasteiger partial charge in [0.2, 0.25) is 0 Å². The Labute approximate surface area is 120 Å². The first-order valence-electron chi connectivity index (χ1n) is 7.06. The molecule has 0 saturated heterocycles. The molecular weight excluding hydrogens is 238 g/mol. The van der Waals surface area contributed by atoms with Gasteiger partial charge in [0.1, 0.15) is 15.7 Å². The third-order valence-electron chi connectivity index (χ3n) is 4.30. The molecule has 4 aromatic carbocycles. The average Bonchev–Trinajstić information content (AvgIpc) is 2.49. The summed E-state index contributed by atoms with van der Waals surface area (Å²) in [7, 11) is 4.41. The number of rotatable bonds is 0. The van der Waals surface area contributed by atoms with Crippen LogP contribution in [0.2, 0.25) is 0 Å². The standard InChI is InChI=1S/C18H14B2/c19-17-10-16-12-6-2-4-8-14(12)18(20)9-15(16)11-5-1-3-7-13(11)17/h1-10H,19-20H2. The molecule has 0 radical (unpaired) electrons. The highest BCUT2D eigenvalue weighted by Gasteiger charge is 2.08. The van der Waals surface area contributed by atoms with Crippen LogP contribution < -0.4 is 10.9 Å². The first kappa shape index (κ1) is 11.6. The van der Waals surface area contributed by atoms with E-state index in [1.165, 1.54) is 43.2 Å². The summed E-state index contributed by atoms with van der Waals surface area (Å²) in [6.07, 6.45) is 0. The van der Waals surface area contributed by atoms with Crippen LogP contribution in [0.25, 0.3) is 32.3 Å². The zero-order valence-electron chi connectivity index (χ0n) is 11.8. The van der Waals surface area contributed by atoms with Crippen molar-refractivity contribution in [3.63, 3.8) is 0 Å². The molecule has 2 heteroatoms. The maximum absolute atomic E-state index is 2.33. The first-order chi connectivity index (χ1) is 9.75. The van der Waals surface area contributed by atoms with Crippen LogP contribution >= 0.6 is 0 Å². The summed E-state index contributed by atoms with van der Waals surface area (Å²) in [4.78, 5) is 0. The average molecular weight is 252 g/mol. The monoisotopic (exact) mass is 252 g/mol. The summed E-state index contributed by atoms with van der Waals surface area (Å²) >= 11 is 0. The molecule has 0 bridgehead atoms. The van der Waals surface area contributed by atoms with Crippen molar-refractivity contribution in [1.82, 2.24) is 0 Å². The Morgan fingerprint density at radius 3 is 1.20 bits per heavy atom. The SMILES string of the molecule is Bc1cc2c3ccccc3c(B)cc2c2ccccc12. The van der Waals surface area contributed by atoms with E-state index in [-0.39, 0.29) is 0 Å². The minimum Gasteiger partial charge on any atom is -0.0806 e. The summed E-state index contributed by atoms with van der Waals surface area (Å²) < 4.78 is 0. The van der Waals surface area contributed by atoms with Gasteiger partial charge in [0.25, 0.3) is 0 Å². The van der Waals surface area contributed by atoms with E-state index in [0.717, 1.165) is 0 Å². The summed E-state index contributed by atoms with van der Waals surface area (Å²) in [6, 6.07) is 22.1. The molecule has 0 nitrogen and oxygen atoms in total. The van der Waals surface area contributed by atoms with E-state index in [2.05, 4.69) is 76.4 Å². The molecule has 0 N–H and O–H groups in total. The second kappa shape index (κ2) is 4.14. The van der Waals surface area contributed by atoms with Crippen molar-refractivity contribution in [2.75, 3.05) is 0 Å². The smallest absolute Gasteiger partial charge is 0.0806 e. The molecule has 0 aliphatic carbocycles. The van der Waals surface area contributed by atoms with Crippen molar-refractivity contribution < 1.29 is 0 Å².